The Labute approximate surface area is 256 Å². The zero-order valence-electron chi connectivity index (χ0n) is 25.2. The number of likely N-dealkylation sites (N-methyl/N-ethyl adjacent to an activating group) is 1. The number of hydrogen-bond acceptors (Lipinski definition) is 7. The van der Waals surface area contributed by atoms with Gasteiger partial charge in [-0.2, -0.15) is 0 Å². The zero-order chi connectivity index (χ0) is 30.0. The van der Waals surface area contributed by atoms with Gasteiger partial charge >= 0.3 is 12.0 Å². The molecule has 2 aliphatic rings. The van der Waals surface area contributed by atoms with Crippen molar-refractivity contribution in [3.05, 3.63) is 62.1 Å². The number of benzene rings is 1. The van der Waals surface area contributed by atoms with Crippen molar-refractivity contribution in [3.8, 4) is 10.4 Å². The first-order valence-corrected chi connectivity index (χ1v) is 16.3. The van der Waals surface area contributed by atoms with E-state index >= 15 is 0 Å². The molecule has 226 valence electrons. The number of urea groups is 1. The quantitative estimate of drug-likeness (QED) is 0.277. The Balaban J connectivity index is 1.36. The van der Waals surface area contributed by atoms with Gasteiger partial charge in [-0.1, -0.05) is 12.1 Å². The molecule has 3 heterocycles. The van der Waals surface area contributed by atoms with Crippen molar-refractivity contribution in [2.45, 2.75) is 71.6 Å². The first-order chi connectivity index (χ1) is 20.0. The van der Waals surface area contributed by atoms with Crippen LogP contribution in [-0.2, 0) is 37.1 Å². The van der Waals surface area contributed by atoms with E-state index < -0.39 is 5.60 Å². The van der Waals surface area contributed by atoms with E-state index in [-0.39, 0.29) is 17.8 Å². The van der Waals surface area contributed by atoms with Crippen LogP contribution >= 0.6 is 22.7 Å². The molecule has 0 unspecified atom stereocenters. The summed E-state index contributed by atoms with van der Waals surface area (Å²) in [6.07, 6.45) is 4.73. The largest absolute Gasteiger partial charge is 0.456 e. The lowest BCUT2D eigenvalue weighted by Gasteiger charge is -2.28. The van der Waals surface area contributed by atoms with E-state index in [0.717, 1.165) is 84.7 Å². The van der Waals surface area contributed by atoms with Gasteiger partial charge in [-0.15, -0.1) is 22.7 Å². The lowest BCUT2D eigenvalue weighted by atomic mass is 9.95. The number of halogens is 1. The smallest absolute Gasteiger partial charge is 0.341 e. The fourth-order valence-electron chi connectivity index (χ4n) is 5.59. The Hall–Kier alpha value is -2.79. The van der Waals surface area contributed by atoms with Crippen molar-refractivity contribution in [3.63, 3.8) is 0 Å². The number of anilines is 1. The van der Waals surface area contributed by atoms with E-state index in [0.29, 0.717) is 17.1 Å². The number of nitrogens with zero attached hydrogens (tertiary/aromatic N) is 2. The molecular weight excluding hydrogens is 572 g/mol. The van der Waals surface area contributed by atoms with Gasteiger partial charge in [0, 0.05) is 47.4 Å². The summed E-state index contributed by atoms with van der Waals surface area (Å²) in [6.45, 7) is 9.72. The second kappa shape index (κ2) is 12.8. The highest BCUT2D eigenvalue weighted by Gasteiger charge is 2.30. The van der Waals surface area contributed by atoms with E-state index in [1.165, 1.54) is 33.9 Å². The lowest BCUT2D eigenvalue weighted by molar-refractivity contribution is 0.00698. The summed E-state index contributed by atoms with van der Waals surface area (Å²) in [5, 5.41) is 6.61. The molecule has 1 aliphatic carbocycles. The molecule has 10 heteroatoms. The average molecular weight is 613 g/mol. The highest BCUT2D eigenvalue weighted by Crippen LogP contribution is 2.41. The third-order valence-corrected chi connectivity index (χ3v) is 10.2. The Bertz CT molecular complexity index is 1440. The third kappa shape index (κ3) is 7.22. The van der Waals surface area contributed by atoms with Crippen LogP contribution in [0.4, 0.5) is 14.2 Å². The molecule has 0 fully saturated rings. The van der Waals surface area contributed by atoms with Crippen LogP contribution < -0.4 is 10.6 Å². The second-order valence-electron chi connectivity index (χ2n) is 12.4. The Morgan fingerprint density at radius 2 is 1.76 bits per heavy atom. The highest BCUT2D eigenvalue weighted by atomic mass is 32.1. The van der Waals surface area contributed by atoms with Crippen LogP contribution in [0, 0.1) is 5.82 Å². The fraction of sp³-hybridized carbons (Fsp3) is 0.500. The molecule has 5 rings (SSSR count). The number of carbonyl (C=O) groups excluding carboxylic acids is 2. The van der Waals surface area contributed by atoms with Crippen molar-refractivity contribution < 1.29 is 18.7 Å². The van der Waals surface area contributed by atoms with Gasteiger partial charge in [0.15, 0.2) is 0 Å². The van der Waals surface area contributed by atoms with Gasteiger partial charge < -0.3 is 15.0 Å². The molecule has 0 saturated heterocycles. The topological polar surface area (TPSA) is 73.9 Å². The van der Waals surface area contributed by atoms with Crippen molar-refractivity contribution in [1.29, 1.82) is 0 Å². The Morgan fingerprint density at radius 3 is 2.48 bits per heavy atom. The van der Waals surface area contributed by atoms with E-state index in [9.17, 15) is 14.0 Å². The van der Waals surface area contributed by atoms with Gasteiger partial charge in [-0.05, 0) is 101 Å². The first-order valence-electron chi connectivity index (χ1n) is 14.7. The molecule has 3 aromatic rings. The molecule has 0 spiro atoms. The normalized spacial score (nSPS) is 15.3. The van der Waals surface area contributed by atoms with Crippen LogP contribution in [0.25, 0.3) is 10.4 Å². The van der Waals surface area contributed by atoms with Gasteiger partial charge in [0.1, 0.15) is 16.4 Å². The van der Waals surface area contributed by atoms with Crippen LogP contribution in [0.2, 0.25) is 0 Å². The van der Waals surface area contributed by atoms with E-state index in [4.69, 9.17) is 4.74 Å². The minimum atomic E-state index is -0.628. The van der Waals surface area contributed by atoms with E-state index in [1.807, 2.05) is 32.9 Å². The molecule has 0 radical (unpaired) electrons. The number of fused-ring (bicyclic) bond motifs is 2. The zero-order valence-corrected chi connectivity index (χ0v) is 26.8. The monoisotopic (exact) mass is 612 g/mol. The van der Waals surface area contributed by atoms with Crippen LogP contribution in [0.1, 0.15) is 70.4 Å². The van der Waals surface area contributed by atoms with Crippen molar-refractivity contribution in [1.82, 2.24) is 15.1 Å². The number of aryl methyl sites for hydroxylation is 1. The van der Waals surface area contributed by atoms with Gasteiger partial charge in [0.05, 0.1) is 5.56 Å². The van der Waals surface area contributed by atoms with Crippen molar-refractivity contribution in [2.75, 3.05) is 39.0 Å². The predicted molar refractivity (Wildman–Crippen MR) is 169 cm³/mol. The van der Waals surface area contributed by atoms with Crippen LogP contribution in [0.15, 0.2) is 24.3 Å². The number of ether oxygens (including phenoxy) is 1. The molecule has 1 aromatic carbocycles. The maximum Gasteiger partial charge on any atom is 0.341 e. The number of nitrogens with one attached hydrogen (secondary N) is 2. The molecule has 7 nitrogen and oxygen atoms in total. The molecule has 2 aromatic heterocycles. The number of thiophene rings is 2. The number of esters is 1. The summed E-state index contributed by atoms with van der Waals surface area (Å²) in [5.41, 5.74) is 4.20. The molecular formula is C32H41FN4O3S2. The summed E-state index contributed by atoms with van der Waals surface area (Å²) >= 11 is 3.22. The molecule has 2 N–H and O–H groups in total. The minimum Gasteiger partial charge on any atom is -0.456 e. The van der Waals surface area contributed by atoms with E-state index in [2.05, 4.69) is 34.5 Å². The average Bonchev–Trinajstić information content (AvgIpc) is 3.47. The molecule has 0 bridgehead atoms. The summed E-state index contributed by atoms with van der Waals surface area (Å²) in [7, 11) is 4.17. The molecule has 1 aliphatic heterocycles. The highest BCUT2D eigenvalue weighted by molar-refractivity contribution is 7.17. The number of rotatable bonds is 8. The van der Waals surface area contributed by atoms with Gasteiger partial charge in [-0.3, -0.25) is 10.2 Å². The fourth-order valence-corrected chi connectivity index (χ4v) is 8.28. The molecule has 0 saturated carbocycles. The Morgan fingerprint density at radius 1 is 1.02 bits per heavy atom. The standard InChI is InChI=1S/C32H41FN4O3S2/c1-32(2,3)40-30(38)27-23-8-6-7-9-25(23)42-29(27)35-31(39)34-18-24-22-14-15-37(17-16-36(4)5)19-26(22)41-28(24)20-10-12-21(33)13-11-20/h10-13H,6-9,14-19H2,1-5H3,(H2,34,35,39). The van der Waals surface area contributed by atoms with Crippen molar-refractivity contribution >= 4 is 39.7 Å². The SMILES string of the molecule is CN(C)CCN1CCc2c(sc(-c3ccc(F)cc3)c2CNC(=O)Nc2sc3c(c2C(=O)OC(C)(C)C)CCCC3)C1. The van der Waals surface area contributed by atoms with Gasteiger partial charge in [0.25, 0.3) is 0 Å². The van der Waals surface area contributed by atoms with E-state index in [1.54, 1.807) is 11.3 Å². The summed E-state index contributed by atoms with van der Waals surface area (Å²) in [6, 6.07) is 6.23. The van der Waals surface area contributed by atoms with Crippen LogP contribution in [-0.4, -0.2) is 61.1 Å². The molecule has 2 amide bonds. The number of carbonyl (C=O) groups is 2. The maximum absolute atomic E-state index is 13.8. The summed E-state index contributed by atoms with van der Waals surface area (Å²) in [5.74, 6) is -0.657. The van der Waals surface area contributed by atoms with Gasteiger partial charge in [-0.25, -0.2) is 14.0 Å². The molecule has 0 atom stereocenters. The number of amides is 2. The van der Waals surface area contributed by atoms with Crippen molar-refractivity contribution in [2.24, 2.45) is 0 Å². The Kier molecular flexibility index (Phi) is 9.37. The second-order valence-corrected chi connectivity index (χ2v) is 14.6. The summed E-state index contributed by atoms with van der Waals surface area (Å²) in [4.78, 5) is 34.7. The summed E-state index contributed by atoms with van der Waals surface area (Å²) < 4.78 is 19.5. The predicted octanol–water partition coefficient (Wildman–Crippen LogP) is 6.69. The van der Waals surface area contributed by atoms with Gasteiger partial charge in [0.2, 0.25) is 0 Å². The lowest BCUT2D eigenvalue weighted by Crippen LogP contribution is -2.35. The number of hydrogen-bond donors (Lipinski definition) is 2. The van der Waals surface area contributed by atoms with Crippen LogP contribution in [0.5, 0.6) is 0 Å². The third-order valence-electron chi connectivity index (χ3n) is 7.64. The van der Waals surface area contributed by atoms with Crippen LogP contribution in [0.3, 0.4) is 0 Å². The maximum atomic E-state index is 13.8. The first kappa shape index (κ1) is 30.7. The minimum absolute atomic E-state index is 0.270. The molecule has 42 heavy (non-hydrogen) atoms.